The summed E-state index contributed by atoms with van der Waals surface area (Å²) in [6.45, 7) is 1.19. The minimum Gasteiger partial charge on any atom is -0.443 e. The smallest absolute Gasteiger partial charge is 0.254 e. The Labute approximate surface area is 156 Å². The first-order valence-corrected chi connectivity index (χ1v) is 8.93. The summed E-state index contributed by atoms with van der Waals surface area (Å²) in [6.07, 6.45) is 2.19. The zero-order valence-corrected chi connectivity index (χ0v) is 14.9. The number of aryl methyl sites for hydroxylation is 1. The van der Waals surface area contributed by atoms with Crippen molar-refractivity contribution in [2.45, 2.75) is 13.0 Å². The Hall–Kier alpha value is -3.41. The Morgan fingerprint density at radius 1 is 1.15 bits per heavy atom. The fourth-order valence-corrected chi connectivity index (χ4v) is 3.82. The molecule has 134 valence electrons. The summed E-state index contributed by atoms with van der Waals surface area (Å²) < 4.78 is 7.25. The number of aromatic nitrogens is 3. The molecule has 6 heteroatoms. The van der Waals surface area contributed by atoms with Gasteiger partial charge in [-0.15, -0.1) is 0 Å². The van der Waals surface area contributed by atoms with Crippen molar-refractivity contribution < 1.29 is 9.21 Å². The molecule has 1 aliphatic heterocycles. The van der Waals surface area contributed by atoms with Gasteiger partial charge in [0.2, 0.25) is 0 Å². The monoisotopic (exact) mass is 358 g/mol. The fourth-order valence-electron chi connectivity index (χ4n) is 3.82. The molecular weight excluding hydrogens is 340 g/mol. The van der Waals surface area contributed by atoms with Crippen LogP contribution in [0.4, 0.5) is 0 Å². The topological polar surface area (TPSA) is 64.2 Å². The predicted octanol–water partition coefficient (Wildman–Crippen LogP) is 3.43. The highest BCUT2D eigenvalue weighted by Crippen LogP contribution is 2.30. The van der Waals surface area contributed by atoms with Crippen LogP contribution in [0.25, 0.3) is 22.4 Å². The van der Waals surface area contributed by atoms with Crippen LogP contribution in [0, 0.1) is 0 Å². The molecule has 0 N–H and O–H groups in total. The highest BCUT2D eigenvalue weighted by Gasteiger charge is 2.27. The van der Waals surface area contributed by atoms with Gasteiger partial charge >= 0.3 is 0 Å². The van der Waals surface area contributed by atoms with E-state index in [1.807, 2.05) is 40.9 Å². The minimum absolute atomic E-state index is 0.00846. The average molecular weight is 358 g/mol. The van der Waals surface area contributed by atoms with Crippen LogP contribution in [0.2, 0.25) is 0 Å². The lowest BCUT2D eigenvalue weighted by Crippen LogP contribution is -2.35. The van der Waals surface area contributed by atoms with Gasteiger partial charge in [0, 0.05) is 30.3 Å². The number of benzene rings is 2. The van der Waals surface area contributed by atoms with Crippen LogP contribution in [0.5, 0.6) is 0 Å². The fraction of sp³-hybridized carbons (Fsp3) is 0.190. The molecule has 6 nitrogen and oxygen atoms in total. The Bertz CT molecular complexity index is 1140. The first kappa shape index (κ1) is 15.8. The van der Waals surface area contributed by atoms with E-state index in [9.17, 15) is 4.79 Å². The first-order chi connectivity index (χ1) is 13.2. The normalized spacial score (nSPS) is 13.7. The number of fused-ring (bicyclic) bond motifs is 2. The number of carbonyl (C=O) groups excluding carboxylic acids is 1. The highest BCUT2D eigenvalue weighted by atomic mass is 16.3. The van der Waals surface area contributed by atoms with Crippen molar-refractivity contribution in [3.8, 4) is 11.3 Å². The molecular formula is C21H18N4O2. The second-order valence-corrected chi connectivity index (χ2v) is 6.78. The van der Waals surface area contributed by atoms with E-state index in [0.717, 1.165) is 28.9 Å². The van der Waals surface area contributed by atoms with Gasteiger partial charge in [-0.25, -0.2) is 4.98 Å². The summed E-state index contributed by atoms with van der Waals surface area (Å²) in [6, 6.07) is 15.7. The van der Waals surface area contributed by atoms with Crippen molar-refractivity contribution in [1.82, 2.24) is 19.7 Å². The molecule has 0 fully saturated rings. The second kappa shape index (κ2) is 6.09. The molecule has 4 aromatic rings. The lowest BCUT2D eigenvalue weighted by atomic mass is 9.99. The van der Waals surface area contributed by atoms with Crippen molar-refractivity contribution in [2.75, 3.05) is 6.54 Å². The quantitative estimate of drug-likeness (QED) is 0.551. The summed E-state index contributed by atoms with van der Waals surface area (Å²) in [5.41, 5.74) is 6.49. The molecule has 0 saturated heterocycles. The number of rotatable bonds is 2. The van der Waals surface area contributed by atoms with Gasteiger partial charge in [-0.1, -0.05) is 30.3 Å². The van der Waals surface area contributed by atoms with E-state index in [-0.39, 0.29) is 5.91 Å². The Kier molecular flexibility index (Phi) is 3.57. The first-order valence-electron chi connectivity index (χ1n) is 8.93. The van der Waals surface area contributed by atoms with Crippen molar-refractivity contribution in [1.29, 1.82) is 0 Å². The summed E-state index contributed by atoms with van der Waals surface area (Å²) in [5.74, 6) is -0.00846. The average Bonchev–Trinajstić information content (AvgIpc) is 3.30. The minimum atomic E-state index is -0.00846. The molecule has 0 saturated carbocycles. The molecule has 1 aliphatic rings. The maximum Gasteiger partial charge on any atom is 0.254 e. The summed E-state index contributed by atoms with van der Waals surface area (Å²) in [4.78, 5) is 18.9. The molecule has 27 heavy (non-hydrogen) atoms. The molecule has 0 radical (unpaired) electrons. The van der Waals surface area contributed by atoms with Crippen LogP contribution in [0.3, 0.4) is 0 Å². The Balaban J connectivity index is 1.45. The third-order valence-electron chi connectivity index (χ3n) is 5.11. The Morgan fingerprint density at radius 2 is 2.00 bits per heavy atom. The molecule has 0 unspecified atom stereocenters. The molecule has 0 bridgehead atoms. The van der Waals surface area contributed by atoms with Crippen LogP contribution in [-0.2, 0) is 20.0 Å². The molecule has 0 spiro atoms. The van der Waals surface area contributed by atoms with E-state index in [0.29, 0.717) is 24.2 Å². The lowest BCUT2D eigenvalue weighted by Gasteiger charge is -2.26. The number of hydrogen-bond donors (Lipinski definition) is 0. The van der Waals surface area contributed by atoms with Gasteiger partial charge < -0.3 is 9.32 Å². The van der Waals surface area contributed by atoms with Gasteiger partial charge in [-0.2, -0.15) is 5.10 Å². The number of amides is 1. The number of oxazole rings is 1. The standard InChI is InChI=1S/C21H18N4O2/c1-24-20(14-5-3-2-4-6-14)16-9-10-25(12-18(16)23-24)21(26)15-7-8-17-19(11-15)27-13-22-17/h2-8,11,13H,9-10,12H2,1H3. The van der Waals surface area contributed by atoms with E-state index in [2.05, 4.69) is 22.2 Å². The van der Waals surface area contributed by atoms with E-state index in [4.69, 9.17) is 4.42 Å². The van der Waals surface area contributed by atoms with Crippen molar-refractivity contribution >= 4 is 17.0 Å². The molecule has 3 heterocycles. The van der Waals surface area contributed by atoms with Crippen molar-refractivity contribution in [3.63, 3.8) is 0 Å². The van der Waals surface area contributed by atoms with Gasteiger partial charge in [-0.3, -0.25) is 9.48 Å². The largest absolute Gasteiger partial charge is 0.443 e. The molecule has 0 atom stereocenters. The Morgan fingerprint density at radius 3 is 2.85 bits per heavy atom. The van der Waals surface area contributed by atoms with Gasteiger partial charge in [0.05, 0.1) is 17.9 Å². The van der Waals surface area contributed by atoms with E-state index < -0.39 is 0 Å². The van der Waals surface area contributed by atoms with Crippen LogP contribution in [-0.4, -0.2) is 32.1 Å². The number of carbonyl (C=O) groups is 1. The SMILES string of the molecule is Cn1nc2c(c1-c1ccccc1)CCN(C(=O)c1ccc3ncoc3c1)C2. The van der Waals surface area contributed by atoms with E-state index >= 15 is 0 Å². The third kappa shape index (κ3) is 2.61. The molecule has 2 aromatic heterocycles. The lowest BCUT2D eigenvalue weighted by molar-refractivity contribution is 0.0732. The zero-order valence-electron chi connectivity index (χ0n) is 14.9. The van der Waals surface area contributed by atoms with Crippen LogP contribution in [0.15, 0.2) is 59.3 Å². The van der Waals surface area contributed by atoms with Gasteiger partial charge in [-0.05, 0) is 24.6 Å². The van der Waals surface area contributed by atoms with Crippen LogP contribution >= 0.6 is 0 Å². The van der Waals surface area contributed by atoms with Crippen LogP contribution in [0.1, 0.15) is 21.6 Å². The summed E-state index contributed by atoms with van der Waals surface area (Å²) >= 11 is 0. The molecule has 5 rings (SSSR count). The molecule has 0 aliphatic carbocycles. The van der Waals surface area contributed by atoms with E-state index in [1.165, 1.54) is 12.0 Å². The summed E-state index contributed by atoms with van der Waals surface area (Å²) in [5, 5.41) is 4.69. The van der Waals surface area contributed by atoms with Crippen LogP contribution < -0.4 is 0 Å². The van der Waals surface area contributed by atoms with Crippen molar-refractivity contribution in [2.24, 2.45) is 7.05 Å². The predicted molar refractivity (Wildman–Crippen MR) is 101 cm³/mol. The van der Waals surface area contributed by atoms with Gasteiger partial charge in [0.1, 0.15) is 5.52 Å². The van der Waals surface area contributed by atoms with Gasteiger partial charge in [0.25, 0.3) is 5.91 Å². The summed E-state index contributed by atoms with van der Waals surface area (Å²) in [7, 11) is 1.96. The van der Waals surface area contributed by atoms with Crippen molar-refractivity contribution in [3.05, 3.63) is 71.7 Å². The number of hydrogen-bond acceptors (Lipinski definition) is 4. The maximum atomic E-state index is 13.0. The maximum absolute atomic E-state index is 13.0. The zero-order chi connectivity index (χ0) is 18.4. The molecule has 2 aromatic carbocycles. The van der Waals surface area contributed by atoms with Gasteiger partial charge in [0.15, 0.2) is 12.0 Å². The second-order valence-electron chi connectivity index (χ2n) is 6.78. The highest BCUT2D eigenvalue weighted by molar-refractivity contribution is 5.97. The van der Waals surface area contributed by atoms with E-state index in [1.54, 1.807) is 12.1 Å². The number of nitrogens with zero attached hydrogens (tertiary/aromatic N) is 4. The third-order valence-corrected chi connectivity index (χ3v) is 5.11. The molecule has 1 amide bonds.